The Balaban J connectivity index is 2.73. The van der Waals surface area contributed by atoms with Crippen LogP contribution in [0, 0.1) is 22.7 Å². The standard InChI is InChI=1S/C21H16F6N6O/c1-12(32(2)3)19(34)33(18-9-16(21(25,26)27)7-5-14(18)11-29)31-30-17-8-15(20(22,23)24)6-4-13(17)10-28/h4-9,12H,1-3H3/b31-30+. The summed E-state index contributed by atoms with van der Waals surface area (Å²) in [6.45, 7) is 1.40. The highest BCUT2D eigenvalue weighted by Crippen LogP contribution is 2.36. The number of alkyl halides is 6. The molecule has 178 valence electrons. The molecule has 1 amide bonds. The summed E-state index contributed by atoms with van der Waals surface area (Å²) < 4.78 is 79.0. The molecule has 0 bridgehead atoms. The van der Waals surface area contributed by atoms with Gasteiger partial charge in [-0.2, -0.15) is 41.9 Å². The Kier molecular flexibility index (Phi) is 7.64. The molecule has 0 saturated heterocycles. The molecule has 1 atom stereocenters. The van der Waals surface area contributed by atoms with Crippen LogP contribution in [-0.4, -0.2) is 30.9 Å². The van der Waals surface area contributed by atoms with Crippen molar-refractivity contribution >= 4 is 17.3 Å². The van der Waals surface area contributed by atoms with E-state index in [0.717, 1.165) is 12.1 Å². The zero-order valence-electron chi connectivity index (χ0n) is 17.9. The lowest BCUT2D eigenvalue weighted by molar-refractivity contribution is -0.138. The van der Waals surface area contributed by atoms with Crippen molar-refractivity contribution in [2.45, 2.75) is 25.3 Å². The predicted molar refractivity (Wildman–Crippen MR) is 107 cm³/mol. The number of anilines is 1. The molecule has 34 heavy (non-hydrogen) atoms. The van der Waals surface area contributed by atoms with Crippen LogP contribution in [0.1, 0.15) is 29.2 Å². The molecular formula is C21H16F6N6O. The highest BCUT2D eigenvalue weighted by Gasteiger charge is 2.34. The average molecular weight is 482 g/mol. The molecular weight excluding hydrogens is 466 g/mol. The van der Waals surface area contributed by atoms with Crippen LogP contribution in [0.15, 0.2) is 46.7 Å². The van der Waals surface area contributed by atoms with Gasteiger partial charge < -0.3 is 0 Å². The molecule has 0 spiro atoms. The van der Waals surface area contributed by atoms with Gasteiger partial charge in [0.2, 0.25) is 0 Å². The quantitative estimate of drug-likeness (QED) is 0.322. The fourth-order valence-corrected chi connectivity index (χ4v) is 2.56. The minimum absolute atomic E-state index is 0.325. The smallest absolute Gasteiger partial charge is 0.298 e. The topological polar surface area (TPSA) is 95.8 Å². The number of nitriles is 2. The number of rotatable bonds is 5. The number of likely N-dealkylation sites (N-methyl/N-ethyl adjacent to an activating group) is 1. The Morgan fingerprint density at radius 3 is 1.88 bits per heavy atom. The lowest BCUT2D eigenvalue weighted by atomic mass is 10.1. The number of carbonyl (C=O) groups is 1. The molecule has 7 nitrogen and oxygen atoms in total. The molecule has 2 aromatic carbocycles. The van der Waals surface area contributed by atoms with Crippen molar-refractivity contribution in [1.29, 1.82) is 10.5 Å². The third kappa shape index (κ3) is 5.88. The second-order valence-electron chi connectivity index (χ2n) is 7.16. The van der Waals surface area contributed by atoms with Gasteiger partial charge in [-0.1, -0.05) is 5.22 Å². The molecule has 2 rings (SSSR count). The van der Waals surface area contributed by atoms with Crippen molar-refractivity contribution in [3.63, 3.8) is 0 Å². The Morgan fingerprint density at radius 2 is 1.41 bits per heavy atom. The second kappa shape index (κ2) is 9.89. The van der Waals surface area contributed by atoms with Crippen LogP contribution in [-0.2, 0) is 17.1 Å². The summed E-state index contributed by atoms with van der Waals surface area (Å²) in [4.78, 5) is 14.4. The number of hydrogen-bond donors (Lipinski definition) is 0. The fraction of sp³-hybridized carbons (Fsp3) is 0.286. The molecule has 0 aliphatic heterocycles. The lowest BCUT2D eigenvalue weighted by Crippen LogP contribution is -2.42. The van der Waals surface area contributed by atoms with Crippen LogP contribution in [0.25, 0.3) is 0 Å². The van der Waals surface area contributed by atoms with Crippen molar-refractivity contribution < 1.29 is 31.1 Å². The summed E-state index contributed by atoms with van der Waals surface area (Å²) in [5, 5.41) is 26.1. The van der Waals surface area contributed by atoms with Gasteiger partial charge in [-0.3, -0.25) is 9.69 Å². The Morgan fingerprint density at radius 1 is 0.912 bits per heavy atom. The van der Waals surface area contributed by atoms with Crippen LogP contribution >= 0.6 is 0 Å². The van der Waals surface area contributed by atoms with E-state index < -0.39 is 46.8 Å². The van der Waals surface area contributed by atoms with Gasteiger partial charge in [-0.15, -0.1) is 5.11 Å². The third-order valence-corrected chi connectivity index (χ3v) is 4.70. The van der Waals surface area contributed by atoms with E-state index >= 15 is 0 Å². The Labute approximate surface area is 190 Å². The van der Waals surface area contributed by atoms with Gasteiger partial charge in [0.05, 0.1) is 34.0 Å². The van der Waals surface area contributed by atoms with Crippen LogP contribution in [0.2, 0.25) is 0 Å². The first-order chi connectivity index (χ1) is 15.7. The molecule has 0 radical (unpaired) electrons. The average Bonchev–Trinajstić information content (AvgIpc) is 2.76. The molecule has 1 unspecified atom stereocenters. The Hall–Kier alpha value is -3.97. The number of halogens is 6. The van der Waals surface area contributed by atoms with E-state index in [-0.39, 0.29) is 11.1 Å². The van der Waals surface area contributed by atoms with E-state index in [9.17, 15) is 41.7 Å². The predicted octanol–water partition coefficient (Wildman–Crippen LogP) is 5.45. The normalized spacial score (nSPS) is 12.9. The minimum atomic E-state index is -4.82. The fourth-order valence-electron chi connectivity index (χ4n) is 2.56. The number of benzene rings is 2. The van der Waals surface area contributed by atoms with E-state index in [1.807, 2.05) is 0 Å². The van der Waals surface area contributed by atoms with Crippen LogP contribution in [0.5, 0.6) is 0 Å². The molecule has 0 aliphatic carbocycles. The second-order valence-corrected chi connectivity index (χ2v) is 7.16. The maximum absolute atomic E-state index is 13.3. The van der Waals surface area contributed by atoms with E-state index in [1.54, 1.807) is 12.1 Å². The van der Waals surface area contributed by atoms with Crippen LogP contribution < -0.4 is 5.01 Å². The summed E-state index contributed by atoms with van der Waals surface area (Å²) in [5.41, 5.74) is -4.19. The lowest BCUT2D eigenvalue weighted by Gasteiger charge is -2.25. The third-order valence-electron chi connectivity index (χ3n) is 4.70. The number of amides is 1. The summed E-state index contributed by atoms with van der Waals surface area (Å²) in [7, 11) is 2.99. The highest BCUT2D eigenvalue weighted by molar-refractivity contribution is 5.97. The molecule has 0 saturated carbocycles. The van der Waals surface area contributed by atoms with Gasteiger partial charge in [0.25, 0.3) is 5.91 Å². The molecule has 0 fully saturated rings. The highest BCUT2D eigenvalue weighted by atomic mass is 19.4. The van der Waals surface area contributed by atoms with E-state index in [4.69, 9.17) is 0 Å². The SMILES string of the molecule is CC(C(=O)N(/N=N/c1cc(C(F)(F)F)ccc1C#N)c1cc(C(F)(F)F)ccc1C#N)N(C)C. The van der Waals surface area contributed by atoms with Crippen molar-refractivity contribution in [1.82, 2.24) is 4.90 Å². The van der Waals surface area contributed by atoms with E-state index in [0.29, 0.717) is 29.3 Å². The van der Waals surface area contributed by atoms with E-state index in [2.05, 4.69) is 10.3 Å². The molecule has 0 N–H and O–H groups in total. The minimum Gasteiger partial charge on any atom is -0.298 e. The molecule has 0 aliphatic rings. The zero-order valence-corrected chi connectivity index (χ0v) is 17.9. The van der Waals surface area contributed by atoms with Crippen molar-refractivity contribution in [2.24, 2.45) is 10.3 Å². The van der Waals surface area contributed by atoms with Gasteiger partial charge in [-0.05, 0) is 57.4 Å². The maximum Gasteiger partial charge on any atom is 0.416 e. The molecule has 13 heteroatoms. The van der Waals surface area contributed by atoms with Crippen molar-refractivity contribution in [3.8, 4) is 12.1 Å². The van der Waals surface area contributed by atoms with Crippen LogP contribution in [0.4, 0.5) is 37.7 Å². The van der Waals surface area contributed by atoms with Gasteiger partial charge in [-0.25, -0.2) is 0 Å². The maximum atomic E-state index is 13.3. The van der Waals surface area contributed by atoms with Gasteiger partial charge in [0.15, 0.2) is 0 Å². The molecule has 0 heterocycles. The first kappa shape index (κ1) is 26.3. The number of nitrogens with zero attached hydrogens (tertiary/aromatic N) is 6. The largest absolute Gasteiger partial charge is 0.416 e. The van der Waals surface area contributed by atoms with Gasteiger partial charge in [0, 0.05) is 0 Å². The number of hydrogen-bond acceptors (Lipinski definition) is 6. The van der Waals surface area contributed by atoms with Crippen molar-refractivity contribution in [3.05, 3.63) is 58.7 Å². The summed E-state index contributed by atoms with van der Waals surface area (Å²) in [6.07, 6.45) is -9.60. The van der Waals surface area contributed by atoms with Crippen LogP contribution in [0.3, 0.4) is 0 Å². The monoisotopic (exact) mass is 482 g/mol. The Bertz CT molecular complexity index is 1190. The van der Waals surface area contributed by atoms with Gasteiger partial charge in [0.1, 0.15) is 17.8 Å². The number of carbonyl (C=O) groups excluding carboxylic acids is 1. The first-order valence-corrected chi connectivity index (χ1v) is 9.35. The van der Waals surface area contributed by atoms with Crippen molar-refractivity contribution in [2.75, 3.05) is 19.1 Å². The molecule has 2 aromatic rings. The van der Waals surface area contributed by atoms with E-state index in [1.165, 1.54) is 25.9 Å². The summed E-state index contributed by atoms with van der Waals surface area (Å²) in [6, 6.07) is 6.28. The molecule has 0 aromatic heterocycles. The first-order valence-electron chi connectivity index (χ1n) is 9.35. The zero-order chi connectivity index (χ0) is 25.8. The summed E-state index contributed by atoms with van der Waals surface area (Å²) in [5.74, 6) is -0.921. The summed E-state index contributed by atoms with van der Waals surface area (Å²) >= 11 is 0. The van der Waals surface area contributed by atoms with Gasteiger partial charge >= 0.3 is 12.4 Å².